The highest BCUT2D eigenvalue weighted by atomic mass is 16.5. The number of ether oxygens (including phenoxy) is 1. The molecule has 124 valence electrons. The minimum absolute atomic E-state index is 0.0307. The van der Waals surface area contributed by atoms with Gasteiger partial charge in [0.25, 0.3) is 5.91 Å². The van der Waals surface area contributed by atoms with Gasteiger partial charge >= 0.3 is 0 Å². The molecular weight excluding hydrogens is 318 g/mol. The summed E-state index contributed by atoms with van der Waals surface area (Å²) in [5, 5.41) is 22.1. The summed E-state index contributed by atoms with van der Waals surface area (Å²) < 4.78 is 5.21. The molecule has 3 rings (SSSR count). The van der Waals surface area contributed by atoms with E-state index in [4.69, 9.17) is 4.74 Å². The lowest BCUT2D eigenvalue weighted by Gasteiger charge is -2.04. The lowest BCUT2D eigenvalue weighted by atomic mass is 10.1. The summed E-state index contributed by atoms with van der Waals surface area (Å²) in [4.78, 5) is 15.4. The van der Waals surface area contributed by atoms with Crippen molar-refractivity contribution in [2.24, 2.45) is 0 Å². The van der Waals surface area contributed by atoms with Crippen LogP contribution in [0.5, 0.6) is 11.5 Å². The van der Waals surface area contributed by atoms with Crippen molar-refractivity contribution in [3.8, 4) is 17.6 Å². The highest BCUT2D eigenvalue weighted by Gasteiger charge is 2.11. The smallest absolute Gasteiger partial charge is 0.266 e. The maximum atomic E-state index is 12.3. The van der Waals surface area contributed by atoms with Crippen LogP contribution in [0, 0.1) is 11.3 Å². The Morgan fingerprint density at radius 1 is 1.28 bits per heavy atom. The van der Waals surface area contributed by atoms with Crippen molar-refractivity contribution in [1.82, 2.24) is 4.98 Å². The standard InChI is InChI=1S/C19H15N3O3/c1-25-16-6-7-18-17(9-16)13(11-21-18)8-12(10-20)19(24)22-14-2-4-15(23)5-3-14/h2-9,11,21,23H,1H3,(H,22,24). The number of phenols is 1. The molecule has 2 aromatic carbocycles. The second kappa shape index (κ2) is 6.81. The van der Waals surface area contributed by atoms with Gasteiger partial charge in [0.15, 0.2) is 0 Å². The fourth-order valence-electron chi connectivity index (χ4n) is 2.41. The number of aromatic amines is 1. The van der Waals surface area contributed by atoms with Crippen LogP contribution in [0.2, 0.25) is 0 Å². The van der Waals surface area contributed by atoms with Gasteiger partial charge in [-0.05, 0) is 48.5 Å². The normalized spacial score (nSPS) is 11.1. The Labute approximate surface area is 144 Å². The number of carbonyl (C=O) groups is 1. The number of aromatic hydroxyl groups is 1. The highest BCUT2D eigenvalue weighted by Crippen LogP contribution is 2.25. The number of benzene rings is 2. The van der Waals surface area contributed by atoms with Gasteiger partial charge in [0, 0.05) is 28.4 Å². The number of hydrogen-bond acceptors (Lipinski definition) is 4. The third-order valence-corrected chi connectivity index (χ3v) is 3.71. The molecule has 0 unspecified atom stereocenters. The first-order chi connectivity index (χ1) is 12.1. The Balaban J connectivity index is 1.91. The molecule has 0 saturated carbocycles. The maximum Gasteiger partial charge on any atom is 0.266 e. The molecule has 3 aromatic rings. The van der Waals surface area contributed by atoms with Gasteiger partial charge < -0.3 is 20.1 Å². The Bertz CT molecular complexity index is 995. The lowest BCUT2D eigenvalue weighted by molar-refractivity contribution is -0.112. The number of aromatic nitrogens is 1. The second-order valence-corrected chi connectivity index (χ2v) is 5.33. The number of nitriles is 1. The summed E-state index contributed by atoms with van der Waals surface area (Å²) in [5.74, 6) is 0.265. The number of nitrogens with one attached hydrogen (secondary N) is 2. The largest absolute Gasteiger partial charge is 0.508 e. The van der Waals surface area contributed by atoms with Crippen LogP contribution in [0.4, 0.5) is 5.69 Å². The molecule has 6 heteroatoms. The molecule has 0 fully saturated rings. The first-order valence-corrected chi connectivity index (χ1v) is 7.48. The summed E-state index contributed by atoms with van der Waals surface area (Å²) in [6.07, 6.45) is 3.25. The van der Waals surface area contributed by atoms with E-state index in [2.05, 4.69) is 10.3 Å². The molecule has 6 nitrogen and oxygen atoms in total. The van der Waals surface area contributed by atoms with Crippen LogP contribution in [0.1, 0.15) is 5.56 Å². The predicted molar refractivity (Wildman–Crippen MR) is 95.2 cm³/mol. The molecule has 0 atom stereocenters. The Morgan fingerprint density at radius 3 is 2.72 bits per heavy atom. The van der Waals surface area contributed by atoms with Gasteiger partial charge in [-0.15, -0.1) is 0 Å². The number of carbonyl (C=O) groups excluding carboxylic acids is 1. The summed E-state index contributed by atoms with van der Waals surface area (Å²) >= 11 is 0. The van der Waals surface area contributed by atoms with E-state index >= 15 is 0 Å². The fourth-order valence-corrected chi connectivity index (χ4v) is 2.41. The van der Waals surface area contributed by atoms with Gasteiger partial charge in [0.2, 0.25) is 0 Å². The van der Waals surface area contributed by atoms with Gasteiger partial charge in [0.05, 0.1) is 7.11 Å². The zero-order valence-electron chi connectivity index (χ0n) is 13.4. The molecule has 25 heavy (non-hydrogen) atoms. The minimum atomic E-state index is -0.523. The van der Waals surface area contributed by atoms with Crippen LogP contribution in [-0.2, 0) is 4.79 Å². The molecule has 3 N–H and O–H groups in total. The average molecular weight is 333 g/mol. The van der Waals surface area contributed by atoms with Crippen molar-refractivity contribution < 1.29 is 14.6 Å². The molecule has 0 aliphatic heterocycles. The molecule has 1 heterocycles. The minimum Gasteiger partial charge on any atom is -0.508 e. The van der Waals surface area contributed by atoms with Gasteiger partial charge in [-0.3, -0.25) is 4.79 Å². The van der Waals surface area contributed by atoms with Gasteiger partial charge in [0.1, 0.15) is 23.1 Å². The second-order valence-electron chi connectivity index (χ2n) is 5.33. The summed E-state index contributed by atoms with van der Waals surface area (Å²) in [7, 11) is 1.58. The number of methoxy groups -OCH3 is 1. The first kappa shape index (κ1) is 16.1. The van der Waals surface area contributed by atoms with Crippen LogP contribution in [0.15, 0.2) is 54.2 Å². The van der Waals surface area contributed by atoms with Crippen LogP contribution < -0.4 is 10.1 Å². The highest BCUT2D eigenvalue weighted by molar-refractivity contribution is 6.10. The Morgan fingerprint density at radius 2 is 2.04 bits per heavy atom. The van der Waals surface area contributed by atoms with Crippen LogP contribution in [0.3, 0.4) is 0 Å². The summed E-state index contributed by atoms with van der Waals surface area (Å²) in [5.41, 5.74) is 2.05. The fraction of sp³-hybridized carbons (Fsp3) is 0.0526. The molecule has 0 spiro atoms. The lowest BCUT2D eigenvalue weighted by Crippen LogP contribution is -2.13. The SMILES string of the molecule is COc1ccc2[nH]cc(C=C(C#N)C(=O)Nc3ccc(O)cc3)c2c1. The summed E-state index contributed by atoms with van der Waals surface area (Å²) in [6, 6.07) is 13.5. The van der Waals surface area contributed by atoms with Crippen LogP contribution >= 0.6 is 0 Å². The monoisotopic (exact) mass is 333 g/mol. The molecule has 1 amide bonds. The number of amides is 1. The van der Waals surface area contributed by atoms with E-state index in [9.17, 15) is 15.2 Å². The number of hydrogen-bond donors (Lipinski definition) is 3. The number of rotatable bonds is 4. The maximum absolute atomic E-state index is 12.3. The van der Waals surface area contributed by atoms with E-state index in [1.807, 2.05) is 24.3 Å². The molecule has 0 bridgehead atoms. The van der Waals surface area contributed by atoms with Gasteiger partial charge in [-0.1, -0.05) is 0 Å². The molecule has 0 saturated heterocycles. The number of H-pyrrole nitrogens is 1. The van der Waals surface area contributed by atoms with Crippen LogP contribution in [0.25, 0.3) is 17.0 Å². The number of anilines is 1. The molecule has 1 aromatic heterocycles. The molecule has 0 aliphatic carbocycles. The van der Waals surface area contributed by atoms with E-state index in [1.165, 1.54) is 18.2 Å². The van der Waals surface area contributed by atoms with Crippen molar-refractivity contribution in [2.45, 2.75) is 0 Å². The molecule has 0 radical (unpaired) electrons. The zero-order valence-corrected chi connectivity index (χ0v) is 13.4. The number of fused-ring (bicyclic) bond motifs is 1. The van der Waals surface area contributed by atoms with Crippen molar-refractivity contribution in [3.63, 3.8) is 0 Å². The molecule has 0 aliphatic rings. The number of phenolic OH excluding ortho intramolecular Hbond substituents is 1. The summed E-state index contributed by atoms with van der Waals surface area (Å²) in [6.45, 7) is 0. The first-order valence-electron chi connectivity index (χ1n) is 7.48. The van der Waals surface area contributed by atoms with Crippen molar-refractivity contribution >= 4 is 28.6 Å². The van der Waals surface area contributed by atoms with Crippen molar-refractivity contribution in [3.05, 3.63) is 59.8 Å². The van der Waals surface area contributed by atoms with Crippen LogP contribution in [-0.4, -0.2) is 23.1 Å². The quantitative estimate of drug-likeness (QED) is 0.387. The zero-order chi connectivity index (χ0) is 17.8. The predicted octanol–water partition coefficient (Wildman–Crippen LogP) is 3.43. The Kier molecular flexibility index (Phi) is 4.40. The van der Waals surface area contributed by atoms with E-state index in [0.29, 0.717) is 17.0 Å². The van der Waals surface area contributed by atoms with E-state index in [1.54, 1.807) is 25.4 Å². The van der Waals surface area contributed by atoms with E-state index < -0.39 is 5.91 Å². The van der Waals surface area contributed by atoms with Crippen molar-refractivity contribution in [2.75, 3.05) is 12.4 Å². The third kappa shape index (κ3) is 3.46. The molecular formula is C19H15N3O3. The number of nitrogens with zero attached hydrogens (tertiary/aromatic N) is 1. The van der Waals surface area contributed by atoms with Crippen molar-refractivity contribution in [1.29, 1.82) is 5.26 Å². The van der Waals surface area contributed by atoms with E-state index in [0.717, 1.165) is 10.9 Å². The van der Waals surface area contributed by atoms with Gasteiger partial charge in [-0.25, -0.2) is 0 Å². The average Bonchev–Trinajstić information content (AvgIpc) is 3.03. The third-order valence-electron chi connectivity index (χ3n) is 3.71. The Hall–Kier alpha value is -3.72. The van der Waals surface area contributed by atoms with E-state index in [-0.39, 0.29) is 11.3 Å². The van der Waals surface area contributed by atoms with Gasteiger partial charge in [-0.2, -0.15) is 5.26 Å². The topological polar surface area (TPSA) is 98.1 Å².